The summed E-state index contributed by atoms with van der Waals surface area (Å²) in [5, 5.41) is 23.8. The lowest BCUT2D eigenvalue weighted by atomic mass is 9.79. The van der Waals surface area contributed by atoms with Gasteiger partial charge in [-0.25, -0.2) is 0 Å². The Hall–Kier alpha value is -0.520. The van der Waals surface area contributed by atoms with Crippen molar-refractivity contribution in [3.05, 3.63) is 27.7 Å². The van der Waals surface area contributed by atoms with E-state index in [0.29, 0.717) is 15.6 Å². The van der Waals surface area contributed by atoms with E-state index in [1.165, 1.54) is 6.07 Å². The molecule has 0 radical (unpaired) electrons. The van der Waals surface area contributed by atoms with Crippen molar-refractivity contribution in [3.8, 4) is 5.75 Å². The third-order valence-electron chi connectivity index (χ3n) is 3.69. The van der Waals surface area contributed by atoms with Gasteiger partial charge in [-0.2, -0.15) is 0 Å². The number of aromatic hydroxyl groups is 1. The summed E-state index contributed by atoms with van der Waals surface area (Å²) in [4.78, 5) is 0. The maximum Gasteiger partial charge on any atom is 0.120 e. The number of phenols is 1. The van der Waals surface area contributed by atoms with Crippen LogP contribution in [-0.4, -0.2) is 29.5 Å². The molecule has 1 aromatic rings. The lowest BCUT2D eigenvalue weighted by Gasteiger charge is -2.33. The molecule has 1 heterocycles. The average Bonchev–Trinajstić information content (AvgIpc) is 2.37. The van der Waals surface area contributed by atoms with Gasteiger partial charge in [0.2, 0.25) is 0 Å². The predicted molar refractivity (Wildman–Crippen MR) is 76.7 cm³/mol. The molecule has 0 saturated carbocycles. The van der Waals surface area contributed by atoms with Crippen LogP contribution in [0.1, 0.15) is 24.3 Å². The van der Waals surface area contributed by atoms with Crippen LogP contribution >= 0.6 is 23.2 Å². The Kier molecular flexibility index (Phi) is 4.92. The summed E-state index contributed by atoms with van der Waals surface area (Å²) in [6.45, 7) is 1.77. The van der Waals surface area contributed by atoms with Crippen LogP contribution in [0, 0.1) is 5.92 Å². The molecular weight excluding hydrogens is 287 g/mol. The van der Waals surface area contributed by atoms with E-state index in [9.17, 15) is 10.2 Å². The molecule has 4 nitrogen and oxygen atoms in total. The fraction of sp³-hybridized carbons (Fsp3) is 0.538. The van der Waals surface area contributed by atoms with E-state index >= 15 is 0 Å². The number of rotatable bonds is 3. The largest absolute Gasteiger partial charge is 0.508 e. The van der Waals surface area contributed by atoms with Crippen LogP contribution in [-0.2, 0) is 0 Å². The number of aliphatic hydroxyl groups is 1. The lowest BCUT2D eigenvalue weighted by molar-refractivity contribution is 0.107. The molecule has 1 aliphatic heterocycles. The highest BCUT2D eigenvalue weighted by Crippen LogP contribution is 2.40. The molecule has 1 saturated heterocycles. The minimum absolute atomic E-state index is 0.0300. The maximum absolute atomic E-state index is 10.0. The van der Waals surface area contributed by atoms with E-state index in [-0.39, 0.29) is 17.6 Å². The number of halogens is 2. The Morgan fingerprint density at radius 3 is 2.37 bits per heavy atom. The Morgan fingerprint density at radius 2 is 1.79 bits per heavy atom. The number of benzene rings is 1. The first-order chi connectivity index (χ1) is 9.00. The molecule has 2 unspecified atom stereocenters. The van der Waals surface area contributed by atoms with E-state index in [0.717, 1.165) is 25.9 Å². The van der Waals surface area contributed by atoms with E-state index in [1.807, 2.05) is 0 Å². The first kappa shape index (κ1) is 14.9. The van der Waals surface area contributed by atoms with Gasteiger partial charge in [-0.3, -0.25) is 0 Å². The van der Waals surface area contributed by atoms with Gasteiger partial charge in [-0.05, 0) is 37.9 Å². The van der Waals surface area contributed by atoms with E-state index in [1.54, 1.807) is 6.07 Å². The molecule has 5 N–H and O–H groups in total. The summed E-state index contributed by atoms with van der Waals surface area (Å²) in [7, 11) is 0. The summed E-state index contributed by atoms with van der Waals surface area (Å²) in [6.07, 6.45) is 0.767. The zero-order valence-electron chi connectivity index (χ0n) is 10.4. The van der Waals surface area contributed by atoms with Gasteiger partial charge in [0.25, 0.3) is 0 Å². The fourth-order valence-electron chi connectivity index (χ4n) is 2.74. The van der Waals surface area contributed by atoms with E-state index < -0.39 is 6.23 Å². The highest BCUT2D eigenvalue weighted by atomic mass is 35.5. The Bertz CT molecular complexity index is 449. The van der Waals surface area contributed by atoms with Crippen LogP contribution in [0.3, 0.4) is 0 Å². The van der Waals surface area contributed by atoms with Crippen molar-refractivity contribution in [2.45, 2.75) is 25.0 Å². The number of nitrogens with two attached hydrogens (primary N) is 1. The van der Waals surface area contributed by atoms with E-state index in [2.05, 4.69) is 5.32 Å². The standard InChI is InChI=1S/C13H18Cl2N2O2/c14-9-5-8(11(18)6-10(9)15)12(13(16)19)7-1-3-17-4-2-7/h5-7,12-13,17-19H,1-4,16H2. The lowest BCUT2D eigenvalue weighted by Crippen LogP contribution is -2.38. The molecular formula is C13H18Cl2N2O2. The Labute approximate surface area is 122 Å². The number of aliphatic hydroxyl groups excluding tert-OH is 1. The summed E-state index contributed by atoms with van der Waals surface area (Å²) < 4.78 is 0. The van der Waals surface area contributed by atoms with Gasteiger partial charge in [0, 0.05) is 17.5 Å². The second-order valence-electron chi connectivity index (χ2n) is 4.93. The number of hydrogen-bond acceptors (Lipinski definition) is 4. The van der Waals surface area contributed by atoms with Crippen molar-refractivity contribution < 1.29 is 10.2 Å². The molecule has 0 bridgehead atoms. The monoisotopic (exact) mass is 304 g/mol. The molecule has 0 aromatic heterocycles. The van der Waals surface area contributed by atoms with Crippen LogP contribution in [0.2, 0.25) is 10.0 Å². The van der Waals surface area contributed by atoms with Gasteiger partial charge in [-0.1, -0.05) is 23.2 Å². The van der Waals surface area contributed by atoms with Crippen LogP contribution in [0.5, 0.6) is 5.75 Å². The van der Waals surface area contributed by atoms with Crippen molar-refractivity contribution in [1.82, 2.24) is 5.32 Å². The molecule has 6 heteroatoms. The highest BCUT2D eigenvalue weighted by molar-refractivity contribution is 6.42. The second kappa shape index (κ2) is 6.29. The maximum atomic E-state index is 10.0. The molecule has 19 heavy (non-hydrogen) atoms. The molecule has 106 valence electrons. The van der Waals surface area contributed by atoms with Crippen LogP contribution in [0.4, 0.5) is 0 Å². The minimum atomic E-state index is -1.04. The van der Waals surface area contributed by atoms with Crippen molar-refractivity contribution in [3.63, 3.8) is 0 Å². The number of nitrogens with one attached hydrogen (secondary N) is 1. The molecule has 0 amide bonds. The molecule has 2 rings (SSSR count). The SMILES string of the molecule is NC(O)C(c1cc(Cl)c(Cl)cc1O)C1CCNCC1. The predicted octanol–water partition coefficient (Wildman–Crippen LogP) is 2.06. The van der Waals surface area contributed by atoms with Gasteiger partial charge in [0.15, 0.2) is 0 Å². The zero-order valence-corrected chi connectivity index (χ0v) is 12.0. The van der Waals surface area contributed by atoms with Crippen LogP contribution in [0.15, 0.2) is 12.1 Å². The van der Waals surface area contributed by atoms with Crippen molar-refractivity contribution >= 4 is 23.2 Å². The van der Waals surface area contributed by atoms with Crippen LogP contribution < -0.4 is 11.1 Å². The Morgan fingerprint density at radius 1 is 1.21 bits per heavy atom. The fourth-order valence-corrected chi connectivity index (χ4v) is 3.07. The quantitative estimate of drug-likeness (QED) is 0.645. The van der Waals surface area contributed by atoms with Crippen molar-refractivity contribution in [2.75, 3.05) is 13.1 Å². The smallest absolute Gasteiger partial charge is 0.120 e. The molecule has 0 spiro atoms. The first-order valence-electron chi connectivity index (χ1n) is 6.33. The number of phenolic OH excluding ortho intramolecular Hbond substituents is 1. The van der Waals surface area contributed by atoms with Gasteiger partial charge >= 0.3 is 0 Å². The summed E-state index contributed by atoms with van der Waals surface area (Å²) in [5.74, 6) is -0.0938. The second-order valence-corrected chi connectivity index (χ2v) is 5.74. The topological polar surface area (TPSA) is 78.5 Å². The third kappa shape index (κ3) is 3.33. The highest BCUT2D eigenvalue weighted by Gasteiger charge is 2.31. The van der Waals surface area contributed by atoms with Gasteiger partial charge in [0.05, 0.1) is 10.0 Å². The molecule has 2 atom stereocenters. The zero-order chi connectivity index (χ0) is 14.0. The summed E-state index contributed by atoms with van der Waals surface area (Å²) in [5.41, 5.74) is 6.27. The number of piperidine rings is 1. The van der Waals surface area contributed by atoms with Gasteiger partial charge in [0.1, 0.15) is 12.0 Å². The van der Waals surface area contributed by atoms with Crippen molar-refractivity contribution in [1.29, 1.82) is 0 Å². The average molecular weight is 305 g/mol. The number of hydrogen-bond donors (Lipinski definition) is 4. The third-order valence-corrected chi connectivity index (χ3v) is 4.41. The molecule has 1 fully saturated rings. The van der Waals surface area contributed by atoms with Crippen molar-refractivity contribution in [2.24, 2.45) is 11.7 Å². The van der Waals surface area contributed by atoms with Gasteiger partial charge < -0.3 is 21.3 Å². The van der Waals surface area contributed by atoms with E-state index in [4.69, 9.17) is 28.9 Å². The molecule has 0 aliphatic carbocycles. The van der Waals surface area contributed by atoms with Crippen LogP contribution in [0.25, 0.3) is 0 Å². The molecule has 1 aliphatic rings. The molecule has 1 aromatic carbocycles. The normalized spacial score (nSPS) is 20.2. The first-order valence-corrected chi connectivity index (χ1v) is 7.08. The minimum Gasteiger partial charge on any atom is -0.508 e. The Balaban J connectivity index is 2.35. The summed E-state index contributed by atoms with van der Waals surface area (Å²) >= 11 is 11.9. The van der Waals surface area contributed by atoms with Gasteiger partial charge in [-0.15, -0.1) is 0 Å². The summed E-state index contributed by atoms with van der Waals surface area (Å²) in [6, 6.07) is 3.00.